The third-order valence-electron chi connectivity index (χ3n) is 4.07. The molecular weight excluding hydrogens is 316 g/mol. The lowest BCUT2D eigenvalue weighted by Gasteiger charge is -2.17. The summed E-state index contributed by atoms with van der Waals surface area (Å²) in [4.78, 5) is 4.21. The Morgan fingerprint density at radius 3 is 2.91 bits per heavy atom. The van der Waals surface area contributed by atoms with Gasteiger partial charge in [-0.05, 0) is 43.1 Å². The molecule has 0 aromatic heterocycles. The predicted octanol–water partition coefficient (Wildman–Crippen LogP) is 3.35. The van der Waals surface area contributed by atoms with Crippen LogP contribution in [-0.4, -0.2) is 36.6 Å². The van der Waals surface area contributed by atoms with Gasteiger partial charge in [-0.1, -0.05) is 19.1 Å². The second-order valence-electron chi connectivity index (χ2n) is 5.69. The van der Waals surface area contributed by atoms with E-state index < -0.39 is 11.6 Å². The first-order valence-corrected chi connectivity index (χ1v) is 9.20. The van der Waals surface area contributed by atoms with Crippen molar-refractivity contribution in [2.75, 3.05) is 19.3 Å². The summed E-state index contributed by atoms with van der Waals surface area (Å²) in [6.07, 6.45) is 3.96. The minimum Gasteiger partial charge on any atom is -0.356 e. The normalized spacial score (nSPS) is 21.5. The first-order valence-electron chi connectivity index (χ1n) is 8.15. The Morgan fingerprint density at radius 1 is 1.35 bits per heavy atom. The molecule has 1 aliphatic rings. The van der Waals surface area contributed by atoms with E-state index in [2.05, 4.69) is 22.5 Å². The maximum atomic E-state index is 13.6. The molecule has 0 saturated heterocycles. The highest BCUT2D eigenvalue weighted by Gasteiger charge is 2.25. The summed E-state index contributed by atoms with van der Waals surface area (Å²) in [7, 11) is 1.73. The van der Waals surface area contributed by atoms with Gasteiger partial charge < -0.3 is 10.6 Å². The fourth-order valence-electron chi connectivity index (χ4n) is 2.90. The van der Waals surface area contributed by atoms with Gasteiger partial charge >= 0.3 is 0 Å². The Bertz CT molecular complexity index is 537. The van der Waals surface area contributed by atoms with Gasteiger partial charge in [0.05, 0.1) is 0 Å². The molecule has 2 atom stereocenters. The molecule has 1 aromatic rings. The summed E-state index contributed by atoms with van der Waals surface area (Å²) >= 11 is 2.02. The highest BCUT2D eigenvalue weighted by Crippen LogP contribution is 2.29. The molecule has 2 N–H and O–H groups in total. The number of halogens is 2. The molecule has 0 aliphatic heterocycles. The van der Waals surface area contributed by atoms with Gasteiger partial charge in [0.25, 0.3) is 0 Å². The quantitative estimate of drug-likeness (QED) is 0.615. The Morgan fingerprint density at radius 2 is 2.17 bits per heavy atom. The summed E-state index contributed by atoms with van der Waals surface area (Å²) in [5.41, 5.74) is 0.383. The van der Waals surface area contributed by atoms with Crippen LogP contribution in [0.25, 0.3) is 0 Å². The van der Waals surface area contributed by atoms with Crippen molar-refractivity contribution in [3.63, 3.8) is 0 Å². The van der Waals surface area contributed by atoms with Crippen LogP contribution in [0.1, 0.15) is 31.7 Å². The molecule has 0 radical (unpaired) electrons. The van der Waals surface area contributed by atoms with Crippen molar-refractivity contribution in [3.05, 3.63) is 35.4 Å². The smallest absolute Gasteiger partial charge is 0.191 e. The lowest BCUT2D eigenvalue weighted by atomic mass is 10.1. The molecule has 3 nitrogen and oxygen atoms in total. The van der Waals surface area contributed by atoms with Gasteiger partial charge in [-0.2, -0.15) is 11.8 Å². The van der Waals surface area contributed by atoms with E-state index in [-0.39, 0.29) is 0 Å². The SMILES string of the molecule is CCSC1CCC(NC(=NC)NCCc2cccc(F)c2F)C1. The Kier molecular flexibility index (Phi) is 7.15. The highest BCUT2D eigenvalue weighted by atomic mass is 32.2. The summed E-state index contributed by atoms with van der Waals surface area (Å²) in [6, 6.07) is 4.72. The topological polar surface area (TPSA) is 36.4 Å². The van der Waals surface area contributed by atoms with Crippen LogP contribution in [-0.2, 0) is 6.42 Å². The van der Waals surface area contributed by atoms with Gasteiger partial charge in [-0.15, -0.1) is 0 Å². The fraction of sp³-hybridized carbons (Fsp3) is 0.588. The lowest BCUT2D eigenvalue weighted by molar-refractivity contribution is 0.498. The zero-order valence-electron chi connectivity index (χ0n) is 13.7. The van der Waals surface area contributed by atoms with E-state index in [1.807, 2.05) is 11.8 Å². The van der Waals surface area contributed by atoms with Gasteiger partial charge in [0, 0.05) is 24.9 Å². The number of guanidine groups is 1. The molecule has 128 valence electrons. The van der Waals surface area contributed by atoms with Crippen molar-refractivity contribution in [3.8, 4) is 0 Å². The summed E-state index contributed by atoms with van der Waals surface area (Å²) in [5, 5.41) is 7.34. The average molecular weight is 341 g/mol. The van der Waals surface area contributed by atoms with Crippen molar-refractivity contribution in [1.29, 1.82) is 0 Å². The van der Waals surface area contributed by atoms with Crippen LogP contribution in [0.5, 0.6) is 0 Å². The molecule has 2 unspecified atom stereocenters. The number of nitrogens with one attached hydrogen (secondary N) is 2. The molecule has 6 heteroatoms. The molecule has 0 amide bonds. The van der Waals surface area contributed by atoms with E-state index in [0.29, 0.717) is 24.6 Å². The van der Waals surface area contributed by atoms with Crippen LogP contribution in [0.4, 0.5) is 8.78 Å². The van der Waals surface area contributed by atoms with E-state index in [4.69, 9.17) is 0 Å². The van der Waals surface area contributed by atoms with E-state index in [1.165, 1.54) is 12.5 Å². The number of aliphatic imine (C=N–C) groups is 1. The van der Waals surface area contributed by atoms with Crippen molar-refractivity contribution in [1.82, 2.24) is 10.6 Å². The summed E-state index contributed by atoms with van der Waals surface area (Å²) in [6.45, 7) is 2.71. The Labute approximate surface area is 141 Å². The third kappa shape index (κ3) is 5.37. The van der Waals surface area contributed by atoms with Gasteiger partial charge in [0.15, 0.2) is 17.6 Å². The minimum absolute atomic E-state index is 0.383. The van der Waals surface area contributed by atoms with Crippen molar-refractivity contribution < 1.29 is 8.78 Å². The molecule has 0 bridgehead atoms. The van der Waals surface area contributed by atoms with Crippen LogP contribution in [0.15, 0.2) is 23.2 Å². The van der Waals surface area contributed by atoms with Crippen LogP contribution in [0.2, 0.25) is 0 Å². The molecule has 0 spiro atoms. The lowest BCUT2D eigenvalue weighted by Crippen LogP contribution is -2.43. The molecule has 2 rings (SSSR count). The highest BCUT2D eigenvalue weighted by molar-refractivity contribution is 7.99. The van der Waals surface area contributed by atoms with Gasteiger partial charge in [-0.3, -0.25) is 4.99 Å². The van der Waals surface area contributed by atoms with Crippen LogP contribution >= 0.6 is 11.8 Å². The van der Waals surface area contributed by atoms with Crippen molar-refractivity contribution in [2.24, 2.45) is 4.99 Å². The maximum Gasteiger partial charge on any atom is 0.191 e. The Hall–Kier alpha value is -1.30. The minimum atomic E-state index is -0.796. The molecule has 1 aromatic carbocycles. The van der Waals surface area contributed by atoms with Crippen LogP contribution in [0, 0.1) is 11.6 Å². The number of rotatable bonds is 6. The van der Waals surface area contributed by atoms with E-state index in [0.717, 1.165) is 35.9 Å². The van der Waals surface area contributed by atoms with Crippen molar-refractivity contribution in [2.45, 2.75) is 43.9 Å². The zero-order chi connectivity index (χ0) is 16.7. The van der Waals surface area contributed by atoms with Gasteiger partial charge in [0.1, 0.15) is 0 Å². The van der Waals surface area contributed by atoms with Crippen molar-refractivity contribution >= 4 is 17.7 Å². The molecule has 1 saturated carbocycles. The monoisotopic (exact) mass is 341 g/mol. The fourth-order valence-corrected chi connectivity index (χ4v) is 4.05. The Balaban J connectivity index is 1.76. The zero-order valence-corrected chi connectivity index (χ0v) is 14.6. The second kappa shape index (κ2) is 9.11. The van der Waals surface area contributed by atoms with Gasteiger partial charge in [-0.25, -0.2) is 8.78 Å². The maximum absolute atomic E-state index is 13.6. The van der Waals surface area contributed by atoms with Crippen LogP contribution < -0.4 is 10.6 Å². The molecule has 23 heavy (non-hydrogen) atoms. The standard InChI is InChI=1S/C17H25F2N3S/c1-3-23-14-8-7-13(11-14)22-17(20-2)21-10-9-12-5-4-6-15(18)16(12)19/h4-6,13-14H,3,7-11H2,1-2H3,(H2,20,21,22). The number of hydrogen-bond acceptors (Lipinski definition) is 2. The number of hydrogen-bond donors (Lipinski definition) is 2. The van der Waals surface area contributed by atoms with E-state index in [1.54, 1.807) is 13.1 Å². The molecule has 1 fully saturated rings. The molecular formula is C17H25F2N3S. The average Bonchev–Trinajstić information content (AvgIpc) is 2.98. The molecule has 0 heterocycles. The van der Waals surface area contributed by atoms with Crippen LogP contribution in [0.3, 0.4) is 0 Å². The number of thioether (sulfide) groups is 1. The predicted molar refractivity (Wildman–Crippen MR) is 94.1 cm³/mol. The first kappa shape index (κ1) is 18.0. The number of nitrogens with zero attached hydrogens (tertiary/aromatic N) is 1. The van der Waals surface area contributed by atoms with E-state index in [9.17, 15) is 8.78 Å². The summed E-state index contributed by atoms with van der Waals surface area (Å²) in [5.74, 6) is 0.334. The van der Waals surface area contributed by atoms with Gasteiger partial charge in [0.2, 0.25) is 0 Å². The third-order valence-corrected chi connectivity index (χ3v) is 5.30. The second-order valence-corrected chi connectivity index (χ2v) is 7.27. The number of benzene rings is 1. The first-order chi connectivity index (χ1) is 11.1. The molecule has 1 aliphatic carbocycles. The van der Waals surface area contributed by atoms with E-state index >= 15 is 0 Å². The largest absolute Gasteiger partial charge is 0.356 e. The summed E-state index contributed by atoms with van der Waals surface area (Å²) < 4.78 is 26.8.